The number of ether oxygens (including phenoxy) is 1. The van der Waals surface area contributed by atoms with Gasteiger partial charge in [0.2, 0.25) is 0 Å². The van der Waals surface area contributed by atoms with Crippen LogP contribution in [-0.2, 0) is 11.2 Å². The van der Waals surface area contributed by atoms with Crippen LogP contribution in [0.15, 0.2) is 42.5 Å². The molecule has 0 unspecified atom stereocenters. The zero-order chi connectivity index (χ0) is 22.4. The van der Waals surface area contributed by atoms with Crippen molar-refractivity contribution in [1.29, 1.82) is 0 Å². The van der Waals surface area contributed by atoms with E-state index in [0.29, 0.717) is 37.4 Å². The minimum atomic E-state index is -0.768. The minimum absolute atomic E-state index is 0.00414. The van der Waals surface area contributed by atoms with Crippen LogP contribution in [0.3, 0.4) is 0 Å². The molecule has 4 N–H and O–H groups in total. The van der Waals surface area contributed by atoms with E-state index >= 15 is 0 Å². The van der Waals surface area contributed by atoms with Crippen LogP contribution in [0.5, 0.6) is 5.75 Å². The first-order valence-electron chi connectivity index (χ1n) is 9.92. The smallest absolute Gasteiger partial charge is 0.316 e. The number of urea groups is 1. The predicted octanol–water partition coefficient (Wildman–Crippen LogP) is 3.19. The normalized spacial score (nSPS) is 15.4. The van der Waals surface area contributed by atoms with Gasteiger partial charge in [-0.25, -0.2) is 9.18 Å². The summed E-state index contributed by atoms with van der Waals surface area (Å²) in [4.78, 5) is 25.5. The highest BCUT2D eigenvalue weighted by Crippen LogP contribution is 2.35. The monoisotopic (exact) mass is 449 g/mol. The second-order valence-electron chi connectivity index (χ2n) is 7.76. The van der Waals surface area contributed by atoms with Crippen molar-refractivity contribution in [3.8, 4) is 5.75 Å². The molecule has 3 rings (SSSR count). The highest BCUT2D eigenvalue weighted by atomic mass is 35.5. The lowest BCUT2D eigenvalue weighted by Gasteiger charge is -2.41. The maximum Gasteiger partial charge on any atom is 0.316 e. The minimum Gasteiger partial charge on any atom is -0.482 e. The van der Waals surface area contributed by atoms with Crippen molar-refractivity contribution in [1.82, 2.24) is 4.90 Å². The van der Waals surface area contributed by atoms with E-state index < -0.39 is 6.03 Å². The Hall–Kier alpha value is -2.84. The van der Waals surface area contributed by atoms with Gasteiger partial charge in [-0.05, 0) is 55.2 Å². The number of carbonyl (C=O) groups excluding carboxylic acids is 2. The number of rotatable bonds is 7. The molecule has 1 heterocycles. The largest absolute Gasteiger partial charge is 0.482 e. The van der Waals surface area contributed by atoms with Gasteiger partial charge in [-0.3, -0.25) is 4.79 Å². The van der Waals surface area contributed by atoms with Gasteiger partial charge in [-0.15, -0.1) is 0 Å². The van der Waals surface area contributed by atoms with Crippen LogP contribution >= 0.6 is 11.6 Å². The Morgan fingerprint density at radius 1 is 1.19 bits per heavy atom. The number of aliphatic hydroxyl groups excluding tert-OH is 1. The fourth-order valence-electron chi connectivity index (χ4n) is 3.75. The van der Waals surface area contributed by atoms with Crippen molar-refractivity contribution < 1.29 is 23.8 Å². The van der Waals surface area contributed by atoms with Crippen LogP contribution in [0, 0.1) is 11.2 Å². The van der Waals surface area contributed by atoms with E-state index in [9.17, 15) is 19.1 Å². The molecule has 0 atom stereocenters. The van der Waals surface area contributed by atoms with E-state index in [-0.39, 0.29) is 41.8 Å². The molecular formula is C22H25ClFN3O4. The summed E-state index contributed by atoms with van der Waals surface area (Å²) in [6.45, 7) is 0.753. The highest BCUT2D eigenvalue weighted by Gasteiger charge is 2.35. The molecule has 2 aromatic rings. The molecule has 1 fully saturated rings. The zero-order valence-electron chi connectivity index (χ0n) is 16.9. The maximum atomic E-state index is 13.1. The van der Waals surface area contributed by atoms with Gasteiger partial charge in [-0.1, -0.05) is 23.7 Å². The van der Waals surface area contributed by atoms with E-state index in [1.54, 1.807) is 29.2 Å². The number of amides is 3. The van der Waals surface area contributed by atoms with E-state index in [0.717, 1.165) is 5.56 Å². The maximum absolute atomic E-state index is 13.1. The van der Waals surface area contributed by atoms with Crippen LogP contribution in [0.1, 0.15) is 18.4 Å². The third-order valence-corrected chi connectivity index (χ3v) is 5.79. The number of likely N-dealkylation sites (tertiary alicyclic amines) is 1. The number of hydrogen-bond donors (Lipinski definition) is 3. The van der Waals surface area contributed by atoms with Crippen molar-refractivity contribution in [3.05, 3.63) is 58.9 Å². The van der Waals surface area contributed by atoms with Crippen LogP contribution < -0.4 is 15.8 Å². The van der Waals surface area contributed by atoms with Crippen LogP contribution in [0.4, 0.5) is 14.9 Å². The second kappa shape index (κ2) is 9.98. The summed E-state index contributed by atoms with van der Waals surface area (Å²) in [6, 6.07) is 10.1. The Labute approximate surface area is 184 Å². The number of halogens is 2. The van der Waals surface area contributed by atoms with Gasteiger partial charge in [-0.2, -0.15) is 0 Å². The molecule has 0 aliphatic carbocycles. The Morgan fingerprint density at radius 3 is 2.48 bits per heavy atom. The summed E-state index contributed by atoms with van der Waals surface area (Å²) in [5.74, 6) is -0.208. The lowest BCUT2D eigenvalue weighted by molar-refractivity contribution is -0.136. The molecule has 1 saturated heterocycles. The average Bonchev–Trinajstić information content (AvgIpc) is 2.75. The lowest BCUT2D eigenvalue weighted by atomic mass is 9.74. The molecule has 166 valence electrons. The van der Waals surface area contributed by atoms with Crippen molar-refractivity contribution in [2.24, 2.45) is 11.1 Å². The summed E-state index contributed by atoms with van der Waals surface area (Å²) >= 11 is 5.93. The zero-order valence-corrected chi connectivity index (χ0v) is 17.7. The molecule has 0 aromatic heterocycles. The number of nitrogens with two attached hydrogens (primary N) is 1. The highest BCUT2D eigenvalue weighted by molar-refractivity contribution is 6.31. The molecular weight excluding hydrogens is 425 g/mol. The molecule has 31 heavy (non-hydrogen) atoms. The number of hydrogen-bond acceptors (Lipinski definition) is 4. The summed E-state index contributed by atoms with van der Waals surface area (Å²) in [6.07, 6.45) is 1.87. The standard InChI is InChI=1S/C22H25ClFN3O4/c23-16-3-6-19(18(11-16)26-21(25)30)31-13-20(29)27-9-7-22(14-28,8-10-27)12-15-1-4-17(24)5-2-15/h1-6,11,28H,7-10,12-14H2,(H3,25,26,30). The third kappa shape index (κ3) is 6.08. The van der Waals surface area contributed by atoms with Crippen molar-refractivity contribution in [2.45, 2.75) is 19.3 Å². The number of aliphatic hydroxyl groups is 1. The number of nitrogens with one attached hydrogen (secondary N) is 1. The Balaban J connectivity index is 1.56. The predicted molar refractivity (Wildman–Crippen MR) is 116 cm³/mol. The molecule has 9 heteroatoms. The SMILES string of the molecule is NC(=O)Nc1cc(Cl)ccc1OCC(=O)N1CCC(CO)(Cc2ccc(F)cc2)CC1. The van der Waals surface area contributed by atoms with E-state index in [1.807, 2.05) is 0 Å². The molecule has 3 amide bonds. The second-order valence-corrected chi connectivity index (χ2v) is 8.20. The van der Waals surface area contributed by atoms with E-state index in [2.05, 4.69) is 5.32 Å². The third-order valence-electron chi connectivity index (χ3n) is 5.56. The van der Waals surface area contributed by atoms with Gasteiger partial charge in [0, 0.05) is 30.1 Å². The lowest BCUT2D eigenvalue weighted by Crippen LogP contribution is -2.47. The summed E-state index contributed by atoms with van der Waals surface area (Å²) in [7, 11) is 0. The number of nitrogens with zero attached hydrogens (tertiary/aromatic N) is 1. The van der Waals surface area contributed by atoms with E-state index in [4.69, 9.17) is 22.1 Å². The fourth-order valence-corrected chi connectivity index (χ4v) is 3.92. The number of benzene rings is 2. The van der Waals surface area contributed by atoms with E-state index in [1.165, 1.54) is 18.2 Å². The topological polar surface area (TPSA) is 105 Å². The van der Waals surface area contributed by atoms with Crippen molar-refractivity contribution in [2.75, 3.05) is 31.6 Å². The van der Waals surface area contributed by atoms with Gasteiger partial charge >= 0.3 is 6.03 Å². The first kappa shape index (κ1) is 22.8. The van der Waals surface area contributed by atoms with Gasteiger partial charge in [0.15, 0.2) is 6.61 Å². The molecule has 0 radical (unpaired) electrons. The molecule has 1 aliphatic rings. The van der Waals surface area contributed by atoms with Gasteiger partial charge in [0.25, 0.3) is 5.91 Å². The number of piperidine rings is 1. The molecule has 0 saturated carbocycles. The number of primary amides is 1. The summed E-state index contributed by atoms with van der Waals surface area (Å²) in [5.41, 5.74) is 6.05. The number of carbonyl (C=O) groups is 2. The molecule has 1 aliphatic heterocycles. The van der Waals surface area contributed by atoms with Gasteiger partial charge in [0.05, 0.1) is 5.69 Å². The van der Waals surface area contributed by atoms with Crippen LogP contribution in [0.25, 0.3) is 0 Å². The fraction of sp³-hybridized carbons (Fsp3) is 0.364. The molecule has 7 nitrogen and oxygen atoms in total. The van der Waals surface area contributed by atoms with Gasteiger partial charge < -0.3 is 25.8 Å². The average molecular weight is 450 g/mol. The van der Waals surface area contributed by atoms with Crippen LogP contribution in [-0.4, -0.2) is 48.2 Å². The van der Waals surface area contributed by atoms with Gasteiger partial charge in [0.1, 0.15) is 11.6 Å². The Morgan fingerprint density at radius 2 is 1.87 bits per heavy atom. The van der Waals surface area contributed by atoms with Crippen LogP contribution in [0.2, 0.25) is 5.02 Å². The molecule has 0 bridgehead atoms. The van der Waals surface area contributed by atoms with Crippen molar-refractivity contribution in [3.63, 3.8) is 0 Å². The summed E-state index contributed by atoms with van der Waals surface area (Å²) < 4.78 is 18.7. The Kier molecular flexibility index (Phi) is 7.35. The Bertz CT molecular complexity index is 931. The molecule has 2 aromatic carbocycles. The molecule has 0 spiro atoms. The summed E-state index contributed by atoms with van der Waals surface area (Å²) in [5, 5.41) is 12.8. The quantitative estimate of drug-likeness (QED) is 0.603. The first-order chi connectivity index (χ1) is 14.8. The van der Waals surface area contributed by atoms with Crippen molar-refractivity contribution >= 4 is 29.2 Å². The first-order valence-corrected chi connectivity index (χ1v) is 10.3. The number of anilines is 1.